The largest absolute Gasteiger partial charge is 0.486 e. The van der Waals surface area contributed by atoms with Gasteiger partial charge in [0, 0.05) is 39.4 Å². The molecule has 0 bridgehead atoms. The van der Waals surface area contributed by atoms with Gasteiger partial charge in [-0.15, -0.1) is 0 Å². The summed E-state index contributed by atoms with van der Waals surface area (Å²) < 4.78 is 33.5. The Balaban J connectivity index is 1.98. The Labute approximate surface area is 160 Å². The van der Waals surface area contributed by atoms with Gasteiger partial charge in [-0.25, -0.2) is 12.7 Å². The Morgan fingerprint density at radius 2 is 1.89 bits per heavy atom. The number of fused-ring (bicyclic) bond motifs is 1. The van der Waals surface area contributed by atoms with Crippen LogP contribution in [-0.4, -0.2) is 54.3 Å². The quantitative estimate of drug-likeness (QED) is 0.803. The van der Waals surface area contributed by atoms with Gasteiger partial charge in [-0.05, 0) is 26.0 Å². The first-order valence-corrected chi connectivity index (χ1v) is 10.1. The summed E-state index contributed by atoms with van der Waals surface area (Å²) in [6.45, 7) is 4.66. The topological polar surface area (TPSA) is 71.8 Å². The minimum absolute atomic E-state index is 0.101. The van der Waals surface area contributed by atoms with Gasteiger partial charge in [-0.3, -0.25) is 4.79 Å². The first-order chi connectivity index (χ1) is 12.5. The van der Waals surface area contributed by atoms with E-state index in [1.54, 1.807) is 16.5 Å². The maximum Gasteiger partial charge on any atom is 0.270 e. The second kappa shape index (κ2) is 6.69. The number of benzene rings is 1. The van der Waals surface area contributed by atoms with Crippen LogP contribution in [0.15, 0.2) is 41.4 Å². The Kier molecular flexibility index (Phi) is 4.81. The van der Waals surface area contributed by atoms with Crippen molar-refractivity contribution in [3.8, 4) is 5.75 Å². The zero-order valence-electron chi connectivity index (χ0n) is 16.3. The highest BCUT2D eigenvalue weighted by Gasteiger charge is 2.33. The van der Waals surface area contributed by atoms with Crippen LogP contribution < -0.4 is 4.74 Å². The number of hydrogen-bond donors (Lipinski definition) is 0. The molecule has 0 saturated carbocycles. The van der Waals surface area contributed by atoms with E-state index in [4.69, 9.17) is 4.74 Å². The summed E-state index contributed by atoms with van der Waals surface area (Å²) in [4.78, 5) is 15.0. The molecule has 2 aromatic rings. The van der Waals surface area contributed by atoms with E-state index in [2.05, 4.69) is 0 Å². The second-order valence-corrected chi connectivity index (χ2v) is 9.74. The van der Waals surface area contributed by atoms with Gasteiger partial charge in [0.1, 0.15) is 21.9 Å². The Bertz CT molecular complexity index is 977. The highest BCUT2D eigenvalue weighted by atomic mass is 32.2. The summed E-state index contributed by atoms with van der Waals surface area (Å²) in [5.74, 6) is 0.534. The van der Waals surface area contributed by atoms with Crippen molar-refractivity contribution >= 4 is 15.9 Å². The first kappa shape index (κ1) is 19.4. The molecule has 1 aliphatic rings. The number of ether oxygens (including phenoxy) is 1. The summed E-state index contributed by atoms with van der Waals surface area (Å²) in [7, 11) is 1.01. The lowest BCUT2D eigenvalue weighted by Crippen LogP contribution is -2.43. The molecule has 7 nitrogen and oxygen atoms in total. The van der Waals surface area contributed by atoms with Crippen molar-refractivity contribution in [1.29, 1.82) is 0 Å². The molecule has 1 amide bonds. The third kappa shape index (κ3) is 3.72. The molecule has 0 unspecified atom stereocenters. The molecule has 0 fully saturated rings. The fourth-order valence-corrected chi connectivity index (χ4v) is 4.16. The fourth-order valence-electron chi connectivity index (χ4n) is 3.19. The van der Waals surface area contributed by atoms with Crippen molar-refractivity contribution in [3.05, 3.63) is 47.8 Å². The molecule has 2 heterocycles. The van der Waals surface area contributed by atoms with Crippen LogP contribution in [0.4, 0.5) is 0 Å². The number of carbonyl (C=O) groups is 1. The van der Waals surface area contributed by atoms with Gasteiger partial charge in [0.15, 0.2) is 0 Å². The highest BCUT2D eigenvalue weighted by molar-refractivity contribution is 7.89. The van der Waals surface area contributed by atoms with Crippen molar-refractivity contribution < 1.29 is 17.9 Å². The summed E-state index contributed by atoms with van der Waals surface area (Å²) in [5.41, 5.74) is 0.684. The summed E-state index contributed by atoms with van der Waals surface area (Å²) in [6, 6.07) is 9.08. The zero-order valence-corrected chi connectivity index (χ0v) is 17.1. The minimum atomic E-state index is -3.60. The van der Waals surface area contributed by atoms with E-state index in [9.17, 15) is 13.2 Å². The molecule has 0 radical (unpaired) electrons. The lowest BCUT2D eigenvalue weighted by molar-refractivity contribution is 0.0493. The predicted octanol–water partition coefficient (Wildman–Crippen LogP) is 2.09. The van der Waals surface area contributed by atoms with Gasteiger partial charge in [0.2, 0.25) is 10.0 Å². The second-order valence-electron chi connectivity index (χ2n) is 7.59. The lowest BCUT2D eigenvalue weighted by atomic mass is 10.1. The van der Waals surface area contributed by atoms with Crippen LogP contribution in [0, 0.1) is 0 Å². The number of sulfonamides is 1. The van der Waals surface area contributed by atoms with Crippen LogP contribution >= 0.6 is 0 Å². The molecular weight excluding hydrogens is 366 g/mol. The van der Waals surface area contributed by atoms with E-state index in [-0.39, 0.29) is 10.8 Å². The Morgan fingerprint density at radius 3 is 2.56 bits per heavy atom. The van der Waals surface area contributed by atoms with Crippen LogP contribution in [0.25, 0.3) is 0 Å². The molecule has 0 spiro atoms. The van der Waals surface area contributed by atoms with Crippen molar-refractivity contribution in [2.45, 2.75) is 30.9 Å². The van der Waals surface area contributed by atoms with E-state index < -0.39 is 15.6 Å². The van der Waals surface area contributed by atoms with E-state index in [1.165, 1.54) is 26.4 Å². The number of aromatic nitrogens is 1. The summed E-state index contributed by atoms with van der Waals surface area (Å²) in [5, 5.41) is 0. The van der Waals surface area contributed by atoms with Gasteiger partial charge in [-0.1, -0.05) is 18.2 Å². The van der Waals surface area contributed by atoms with Crippen LogP contribution in [0.3, 0.4) is 0 Å². The zero-order chi connectivity index (χ0) is 20.0. The first-order valence-electron chi connectivity index (χ1n) is 8.66. The van der Waals surface area contributed by atoms with Crippen molar-refractivity contribution in [3.63, 3.8) is 0 Å². The van der Waals surface area contributed by atoms with Crippen molar-refractivity contribution in [2.75, 3.05) is 20.6 Å². The van der Waals surface area contributed by atoms with Gasteiger partial charge >= 0.3 is 0 Å². The van der Waals surface area contributed by atoms with Crippen molar-refractivity contribution in [1.82, 2.24) is 13.8 Å². The van der Waals surface area contributed by atoms with Gasteiger partial charge in [0.25, 0.3) is 5.91 Å². The molecule has 0 aliphatic carbocycles. The molecular formula is C19H25N3O4S. The molecule has 1 aromatic heterocycles. The van der Waals surface area contributed by atoms with E-state index in [0.717, 1.165) is 15.6 Å². The fraction of sp³-hybridized carbons (Fsp3) is 0.421. The Morgan fingerprint density at radius 1 is 1.22 bits per heavy atom. The van der Waals surface area contributed by atoms with Crippen LogP contribution in [-0.2, 0) is 23.6 Å². The predicted molar refractivity (Wildman–Crippen MR) is 102 cm³/mol. The number of aryl methyl sites for hydroxylation is 1. The minimum Gasteiger partial charge on any atom is -0.486 e. The highest BCUT2D eigenvalue weighted by Crippen LogP contribution is 2.30. The molecule has 8 heteroatoms. The number of nitrogens with zero attached hydrogens (tertiary/aromatic N) is 3. The molecule has 0 saturated heterocycles. The van der Waals surface area contributed by atoms with E-state index in [0.29, 0.717) is 18.8 Å². The van der Waals surface area contributed by atoms with E-state index >= 15 is 0 Å². The summed E-state index contributed by atoms with van der Waals surface area (Å²) >= 11 is 0. The van der Waals surface area contributed by atoms with Crippen molar-refractivity contribution in [2.24, 2.45) is 7.05 Å². The van der Waals surface area contributed by atoms with Crippen LogP contribution in [0.1, 0.15) is 29.9 Å². The summed E-state index contributed by atoms with van der Waals surface area (Å²) in [6.07, 6.45) is 1.47. The maximum atomic E-state index is 13.2. The molecule has 3 rings (SSSR count). The molecule has 1 aromatic carbocycles. The molecule has 146 valence electrons. The van der Waals surface area contributed by atoms with Gasteiger partial charge in [-0.2, -0.15) is 0 Å². The van der Waals surface area contributed by atoms with Gasteiger partial charge in [0.05, 0.1) is 6.54 Å². The number of rotatable bonds is 3. The average molecular weight is 391 g/mol. The SMILES string of the molecule is CN(C)S(=O)(=O)c1cc(C(=O)N2Cc3ccccc3OC(C)(C)C2)n(C)c1. The van der Waals surface area contributed by atoms with Crippen LogP contribution in [0.5, 0.6) is 5.75 Å². The number of amides is 1. The third-order valence-corrected chi connectivity index (χ3v) is 6.34. The average Bonchev–Trinajstić information content (AvgIpc) is 2.90. The number of carbonyl (C=O) groups excluding carboxylic acids is 1. The molecule has 27 heavy (non-hydrogen) atoms. The monoisotopic (exact) mass is 391 g/mol. The van der Waals surface area contributed by atoms with E-state index in [1.807, 2.05) is 38.1 Å². The molecule has 0 atom stereocenters. The number of hydrogen-bond acceptors (Lipinski definition) is 4. The normalized spacial score (nSPS) is 16.6. The third-order valence-electron chi connectivity index (χ3n) is 4.56. The standard InChI is InChI=1S/C19H25N3O4S/c1-19(2)13-22(11-14-8-6-7-9-17(14)26-19)18(23)16-10-15(12-21(16)5)27(24,25)20(3)4/h6-10,12H,11,13H2,1-5H3. The lowest BCUT2D eigenvalue weighted by Gasteiger charge is -2.29. The molecule has 1 aliphatic heterocycles. The Hall–Kier alpha value is -2.32. The van der Waals surface area contributed by atoms with Crippen LogP contribution in [0.2, 0.25) is 0 Å². The number of para-hydroxylation sites is 1. The smallest absolute Gasteiger partial charge is 0.270 e. The van der Waals surface area contributed by atoms with Gasteiger partial charge < -0.3 is 14.2 Å². The maximum absolute atomic E-state index is 13.2. The molecule has 0 N–H and O–H groups in total.